The fourth-order valence-corrected chi connectivity index (χ4v) is 5.34. The summed E-state index contributed by atoms with van der Waals surface area (Å²) in [4.78, 5) is 18.5. The van der Waals surface area contributed by atoms with Crippen molar-refractivity contribution in [1.82, 2.24) is 0 Å². The van der Waals surface area contributed by atoms with Crippen molar-refractivity contribution in [3.63, 3.8) is 0 Å². The van der Waals surface area contributed by atoms with E-state index in [4.69, 9.17) is 32.9 Å². The summed E-state index contributed by atoms with van der Waals surface area (Å²) in [5.74, 6) is 0. The Bertz CT molecular complexity index is 2170. The molecule has 8 heteroatoms. The molecule has 0 fully saturated rings. The van der Waals surface area contributed by atoms with Gasteiger partial charge in [0.1, 0.15) is 0 Å². The molecule has 0 amide bonds. The number of aliphatic imine (C=N–C) groups is 4. The van der Waals surface area contributed by atoms with Crippen molar-refractivity contribution in [2.45, 2.75) is 25.9 Å². The average Bonchev–Trinajstić information content (AvgIpc) is 3.12. The lowest BCUT2D eigenvalue weighted by atomic mass is 9.94. The van der Waals surface area contributed by atoms with Gasteiger partial charge in [-0.05, 0) is 94.8 Å². The Morgan fingerprint density at radius 2 is 0.940 bits per heavy atom. The second kappa shape index (κ2) is 15.2. The predicted octanol–water partition coefficient (Wildman–Crippen LogP) is 8.07. The second-order valence-corrected chi connectivity index (χ2v) is 12.3. The van der Waals surface area contributed by atoms with Crippen molar-refractivity contribution in [2.24, 2.45) is 25.7 Å². The monoisotopic (exact) mass is 656 g/mol. The van der Waals surface area contributed by atoms with Gasteiger partial charge in [-0.3, -0.25) is 20.0 Å². The van der Waals surface area contributed by atoms with E-state index in [2.05, 4.69) is 9.98 Å². The molecule has 0 saturated heterocycles. The van der Waals surface area contributed by atoms with Gasteiger partial charge in [0.2, 0.25) is 0 Å². The number of benzene rings is 5. The zero-order valence-electron chi connectivity index (χ0n) is 28.1. The van der Waals surface area contributed by atoms with Gasteiger partial charge in [0.25, 0.3) is 0 Å². The van der Waals surface area contributed by atoms with Gasteiger partial charge in [-0.15, -0.1) is 0 Å². The van der Waals surface area contributed by atoms with Crippen LogP contribution in [0, 0.1) is 13.8 Å². The summed E-state index contributed by atoms with van der Waals surface area (Å²) in [5.41, 5.74) is 37.1. The molecule has 0 bridgehead atoms. The van der Waals surface area contributed by atoms with Gasteiger partial charge in [0.15, 0.2) is 0 Å². The summed E-state index contributed by atoms with van der Waals surface area (Å²) in [6, 6.07) is 32.9. The minimum Gasteiger partial charge on any atom is -0.397 e. The molecule has 5 aromatic carbocycles. The molecule has 0 radical (unpaired) electrons. The van der Waals surface area contributed by atoms with Gasteiger partial charge in [-0.1, -0.05) is 85.0 Å². The molecule has 0 aromatic heterocycles. The number of allylic oxidation sites excluding steroid dienone is 2. The molecular weight excluding hydrogens is 617 g/mol. The predicted molar refractivity (Wildman–Crippen MR) is 213 cm³/mol. The third kappa shape index (κ3) is 8.55. The molecule has 8 nitrogen and oxygen atoms in total. The highest BCUT2D eigenvalue weighted by atomic mass is 14.8. The molecule has 5 aromatic rings. The average molecular weight is 657 g/mol. The maximum atomic E-state index is 6.56. The van der Waals surface area contributed by atoms with Crippen molar-refractivity contribution >= 4 is 64.6 Å². The zero-order chi connectivity index (χ0) is 35.0. The van der Waals surface area contributed by atoms with Gasteiger partial charge in [0.05, 0.1) is 40.2 Å². The summed E-state index contributed by atoms with van der Waals surface area (Å²) >= 11 is 0. The molecule has 0 spiro atoms. The van der Waals surface area contributed by atoms with Gasteiger partial charge < -0.3 is 22.9 Å². The van der Waals surface area contributed by atoms with Crippen molar-refractivity contribution in [3.05, 3.63) is 160 Å². The highest BCUT2D eigenvalue weighted by Gasteiger charge is 2.17. The van der Waals surface area contributed by atoms with Crippen LogP contribution in [-0.2, 0) is 0 Å². The third-order valence-electron chi connectivity index (χ3n) is 8.30. The smallest absolute Gasteiger partial charge is 0.0870 e. The Morgan fingerprint density at radius 3 is 1.40 bits per heavy atom. The van der Waals surface area contributed by atoms with Crippen LogP contribution >= 0.6 is 0 Å². The van der Waals surface area contributed by atoms with Crippen LogP contribution in [0.3, 0.4) is 0 Å². The molecule has 0 aliphatic heterocycles. The molecule has 50 heavy (non-hydrogen) atoms. The zero-order valence-corrected chi connectivity index (χ0v) is 28.1. The lowest BCUT2D eigenvalue weighted by Crippen LogP contribution is -2.32. The molecule has 1 aliphatic carbocycles. The highest BCUT2D eigenvalue weighted by Crippen LogP contribution is 2.30. The Morgan fingerprint density at radius 1 is 0.520 bits per heavy atom. The van der Waals surface area contributed by atoms with Crippen molar-refractivity contribution in [3.8, 4) is 0 Å². The molecule has 8 N–H and O–H groups in total. The van der Waals surface area contributed by atoms with Crippen LogP contribution in [0.25, 0.3) is 5.57 Å². The number of anilines is 3. The number of nitrogen functional groups attached to an aromatic ring is 3. The van der Waals surface area contributed by atoms with E-state index in [9.17, 15) is 0 Å². The van der Waals surface area contributed by atoms with Gasteiger partial charge >= 0.3 is 0 Å². The van der Waals surface area contributed by atoms with Gasteiger partial charge in [-0.25, -0.2) is 0 Å². The van der Waals surface area contributed by atoms with E-state index in [1.165, 1.54) is 0 Å². The summed E-state index contributed by atoms with van der Waals surface area (Å²) < 4.78 is 0. The van der Waals surface area contributed by atoms with Crippen molar-refractivity contribution < 1.29 is 0 Å². The molecule has 0 saturated carbocycles. The van der Waals surface area contributed by atoms with E-state index in [1.807, 2.05) is 148 Å². The number of nitrogens with zero attached hydrogens (tertiary/aromatic N) is 4. The van der Waals surface area contributed by atoms with Crippen LogP contribution in [0.2, 0.25) is 0 Å². The topological polar surface area (TPSA) is 154 Å². The fraction of sp³-hybridized carbons (Fsp3) is 0.0952. The maximum Gasteiger partial charge on any atom is 0.0870 e. The lowest BCUT2D eigenvalue weighted by molar-refractivity contribution is 0.706. The van der Waals surface area contributed by atoms with E-state index in [0.29, 0.717) is 22.7 Å². The van der Waals surface area contributed by atoms with Crippen LogP contribution < -0.4 is 22.9 Å². The van der Waals surface area contributed by atoms with E-state index in [0.717, 1.165) is 55.9 Å². The molecular formula is C42H40N8. The number of nitrogens with two attached hydrogens (primary N) is 4. The first-order valence-corrected chi connectivity index (χ1v) is 16.3. The normalized spacial score (nSPS) is 16.3. The Kier molecular flexibility index (Phi) is 10.2. The van der Waals surface area contributed by atoms with Crippen LogP contribution in [-0.4, -0.2) is 36.9 Å². The van der Waals surface area contributed by atoms with Crippen LogP contribution in [0.4, 0.5) is 34.1 Å². The van der Waals surface area contributed by atoms with E-state index < -0.39 is 0 Å². The van der Waals surface area contributed by atoms with Crippen LogP contribution in [0.15, 0.2) is 141 Å². The summed E-state index contributed by atoms with van der Waals surface area (Å²) in [5, 5.41) is 0. The van der Waals surface area contributed by atoms with Gasteiger partial charge in [-0.2, -0.15) is 0 Å². The summed E-state index contributed by atoms with van der Waals surface area (Å²) in [7, 11) is 0. The van der Waals surface area contributed by atoms with Crippen molar-refractivity contribution in [2.75, 3.05) is 17.2 Å². The quantitative estimate of drug-likeness (QED) is 0.0936. The second-order valence-electron chi connectivity index (χ2n) is 12.3. The minimum atomic E-state index is -0.286. The van der Waals surface area contributed by atoms with E-state index >= 15 is 0 Å². The van der Waals surface area contributed by atoms with E-state index in [1.54, 1.807) is 12.4 Å². The molecule has 2 atom stereocenters. The standard InChI is InChI=1S/C42H40N8/c1-27-3-15-35(43)40(19-27)48-24-30-7-5-29(6-8-30)23-47-39-18-14-33(21-38(39)46)34-13-17-37(45)42(22-34)50-26-32-11-9-31(10-12-32)25-49-41-20-28(2)4-16-36(41)44/h3-26,38-39H,43-46H2,1-2H3. The Labute approximate surface area is 293 Å². The summed E-state index contributed by atoms with van der Waals surface area (Å²) in [6.45, 7) is 4.04. The fourth-order valence-electron chi connectivity index (χ4n) is 5.34. The lowest BCUT2D eigenvalue weighted by Gasteiger charge is -2.20. The number of rotatable bonds is 9. The molecule has 2 unspecified atom stereocenters. The first kappa shape index (κ1) is 33.5. The molecule has 0 heterocycles. The van der Waals surface area contributed by atoms with E-state index in [-0.39, 0.29) is 12.1 Å². The third-order valence-corrected chi connectivity index (χ3v) is 8.30. The molecule has 248 valence electrons. The van der Waals surface area contributed by atoms with Crippen LogP contribution in [0.5, 0.6) is 0 Å². The molecule has 1 aliphatic rings. The number of hydrogen-bond donors (Lipinski definition) is 4. The SMILES string of the molecule is Cc1ccc(N)c(N=Cc2ccc(C=Nc3cc(C4=CC(N)C(N=Cc5ccc(C=Nc6cc(C)ccc6N)cc5)C=C4)ccc3N)cc2)c1. The number of hydrogen-bond acceptors (Lipinski definition) is 8. The Balaban J connectivity index is 1.07. The minimum absolute atomic E-state index is 0.183. The Hall–Kier alpha value is -6.38. The highest BCUT2D eigenvalue weighted by molar-refractivity contribution is 5.89. The summed E-state index contributed by atoms with van der Waals surface area (Å²) in [6.07, 6.45) is 13.4. The number of aryl methyl sites for hydroxylation is 2. The first-order valence-electron chi connectivity index (χ1n) is 16.3. The largest absolute Gasteiger partial charge is 0.397 e. The molecule has 6 rings (SSSR count). The van der Waals surface area contributed by atoms with Crippen molar-refractivity contribution in [1.29, 1.82) is 0 Å². The maximum absolute atomic E-state index is 6.56. The van der Waals surface area contributed by atoms with Gasteiger partial charge in [0, 0.05) is 30.9 Å². The first-order chi connectivity index (χ1) is 24.2. The van der Waals surface area contributed by atoms with Crippen LogP contribution in [0.1, 0.15) is 38.9 Å².